The second kappa shape index (κ2) is 5.45. The molecule has 0 spiro atoms. The molecule has 1 aliphatic rings. The van der Waals surface area contributed by atoms with Crippen molar-refractivity contribution in [2.45, 2.75) is 12.8 Å². The lowest BCUT2D eigenvalue weighted by Crippen LogP contribution is -2.23. The van der Waals surface area contributed by atoms with E-state index in [4.69, 9.17) is 4.74 Å². The lowest BCUT2D eigenvalue weighted by molar-refractivity contribution is 0.0699. The maximum atomic E-state index is 11.3. The molecule has 1 aromatic heterocycles. The van der Waals surface area contributed by atoms with E-state index in [0.717, 1.165) is 32.6 Å². The number of halogens is 1. The van der Waals surface area contributed by atoms with Gasteiger partial charge in [0.25, 0.3) is 5.56 Å². The van der Waals surface area contributed by atoms with Crippen LogP contribution in [0.2, 0.25) is 0 Å². The Morgan fingerprint density at radius 2 is 2.31 bits per heavy atom. The van der Waals surface area contributed by atoms with Crippen molar-refractivity contribution in [3.63, 3.8) is 0 Å². The van der Waals surface area contributed by atoms with Crippen molar-refractivity contribution in [2.75, 3.05) is 25.1 Å². The summed E-state index contributed by atoms with van der Waals surface area (Å²) in [6.07, 6.45) is 3.53. The van der Waals surface area contributed by atoms with Gasteiger partial charge < -0.3 is 15.0 Å². The number of H-pyrrole nitrogens is 1. The average molecular weight is 288 g/mol. The molecule has 16 heavy (non-hydrogen) atoms. The number of hydrogen-bond donors (Lipinski definition) is 2. The molecule has 0 amide bonds. The SMILES string of the molecule is O=c1[nH]cnc(NCC2CCOCC2)c1Br. The predicted molar refractivity (Wildman–Crippen MR) is 64.6 cm³/mol. The third-order valence-electron chi connectivity index (χ3n) is 2.70. The van der Waals surface area contributed by atoms with E-state index >= 15 is 0 Å². The number of aromatic nitrogens is 2. The minimum atomic E-state index is -0.163. The molecule has 2 rings (SSSR count). The van der Waals surface area contributed by atoms with Gasteiger partial charge in [0.15, 0.2) is 0 Å². The molecule has 1 aromatic rings. The van der Waals surface area contributed by atoms with Crippen LogP contribution in [0.15, 0.2) is 15.6 Å². The van der Waals surface area contributed by atoms with Crippen molar-refractivity contribution in [3.8, 4) is 0 Å². The van der Waals surface area contributed by atoms with Crippen LogP contribution < -0.4 is 10.9 Å². The largest absolute Gasteiger partial charge is 0.381 e. The van der Waals surface area contributed by atoms with Crippen molar-refractivity contribution < 1.29 is 4.74 Å². The molecule has 2 N–H and O–H groups in total. The fourth-order valence-electron chi connectivity index (χ4n) is 1.70. The van der Waals surface area contributed by atoms with Crippen LogP contribution in [0.5, 0.6) is 0 Å². The molecule has 0 atom stereocenters. The highest BCUT2D eigenvalue weighted by molar-refractivity contribution is 9.10. The van der Waals surface area contributed by atoms with Gasteiger partial charge in [-0.3, -0.25) is 4.79 Å². The molecule has 5 nitrogen and oxygen atoms in total. The van der Waals surface area contributed by atoms with Crippen LogP contribution in [0.3, 0.4) is 0 Å². The van der Waals surface area contributed by atoms with E-state index in [1.54, 1.807) is 0 Å². The molecule has 1 aliphatic heterocycles. The van der Waals surface area contributed by atoms with Crippen molar-refractivity contribution in [1.29, 1.82) is 0 Å². The van der Waals surface area contributed by atoms with Gasteiger partial charge in [0, 0.05) is 19.8 Å². The summed E-state index contributed by atoms with van der Waals surface area (Å²) in [5.74, 6) is 1.21. The Kier molecular flexibility index (Phi) is 3.95. The Labute approximate surface area is 102 Å². The Balaban J connectivity index is 1.93. The van der Waals surface area contributed by atoms with E-state index in [9.17, 15) is 4.79 Å². The molecular formula is C10H14BrN3O2. The van der Waals surface area contributed by atoms with Gasteiger partial charge in [-0.1, -0.05) is 0 Å². The number of aromatic amines is 1. The van der Waals surface area contributed by atoms with Crippen molar-refractivity contribution >= 4 is 21.7 Å². The minimum Gasteiger partial charge on any atom is -0.381 e. The maximum absolute atomic E-state index is 11.3. The smallest absolute Gasteiger partial charge is 0.267 e. The molecule has 0 aliphatic carbocycles. The highest BCUT2D eigenvalue weighted by Crippen LogP contribution is 2.18. The Morgan fingerprint density at radius 1 is 1.56 bits per heavy atom. The van der Waals surface area contributed by atoms with Crippen LogP contribution >= 0.6 is 15.9 Å². The van der Waals surface area contributed by atoms with Crippen molar-refractivity contribution in [1.82, 2.24) is 9.97 Å². The monoisotopic (exact) mass is 287 g/mol. The summed E-state index contributed by atoms with van der Waals surface area (Å²) in [6, 6.07) is 0. The van der Waals surface area contributed by atoms with E-state index < -0.39 is 0 Å². The molecule has 0 saturated carbocycles. The maximum Gasteiger partial charge on any atom is 0.267 e. The molecule has 0 bridgehead atoms. The van der Waals surface area contributed by atoms with Crippen LogP contribution in [0.1, 0.15) is 12.8 Å². The van der Waals surface area contributed by atoms with Crippen LogP contribution in [0.25, 0.3) is 0 Å². The highest BCUT2D eigenvalue weighted by Gasteiger charge is 2.14. The number of rotatable bonds is 3. The summed E-state index contributed by atoms with van der Waals surface area (Å²) in [4.78, 5) is 17.9. The topological polar surface area (TPSA) is 67.0 Å². The molecule has 1 saturated heterocycles. The molecule has 1 fully saturated rings. The minimum absolute atomic E-state index is 0.163. The van der Waals surface area contributed by atoms with Gasteiger partial charge in [0.05, 0.1) is 6.33 Å². The van der Waals surface area contributed by atoms with E-state index in [2.05, 4.69) is 31.2 Å². The van der Waals surface area contributed by atoms with E-state index in [0.29, 0.717) is 16.2 Å². The van der Waals surface area contributed by atoms with Crippen LogP contribution in [-0.2, 0) is 4.74 Å². The average Bonchev–Trinajstić information content (AvgIpc) is 2.32. The summed E-state index contributed by atoms with van der Waals surface area (Å²) >= 11 is 3.21. The summed E-state index contributed by atoms with van der Waals surface area (Å²) in [7, 11) is 0. The number of nitrogens with one attached hydrogen (secondary N) is 2. The van der Waals surface area contributed by atoms with Gasteiger partial charge in [-0.15, -0.1) is 0 Å². The molecule has 0 unspecified atom stereocenters. The van der Waals surface area contributed by atoms with E-state index in [1.807, 2.05) is 0 Å². The quantitative estimate of drug-likeness (QED) is 0.881. The first kappa shape index (κ1) is 11.6. The standard InChI is InChI=1S/C10H14BrN3O2/c11-8-9(13-6-14-10(8)15)12-5-7-1-3-16-4-2-7/h6-7H,1-5H2,(H2,12,13,14,15). The van der Waals surface area contributed by atoms with Crippen LogP contribution in [0.4, 0.5) is 5.82 Å². The second-order valence-electron chi connectivity index (χ2n) is 3.83. The lowest BCUT2D eigenvalue weighted by atomic mass is 10.0. The van der Waals surface area contributed by atoms with E-state index in [1.165, 1.54) is 6.33 Å². The van der Waals surface area contributed by atoms with Gasteiger partial charge in [-0.05, 0) is 34.7 Å². The van der Waals surface area contributed by atoms with Crippen molar-refractivity contribution in [2.24, 2.45) is 5.92 Å². The summed E-state index contributed by atoms with van der Waals surface area (Å²) in [5.41, 5.74) is -0.163. The zero-order valence-corrected chi connectivity index (χ0v) is 10.4. The molecule has 2 heterocycles. The molecule has 6 heteroatoms. The second-order valence-corrected chi connectivity index (χ2v) is 4.62. The highest BCUT2D eigenvalue weighted by atomic mass is 79.9. The Hall–Kier alpha value is -0.880. The Morgan fingerprint density at radius 3 is 3.06 bits per heavy atom. The van der Waals surface area contributed by atoms with E-state index in [-0.39, 0.29) is 5.56 Å². The number of nitrogens with zero attached hydrogens (tertiary/aromatic N) is 1. The number of ether oxygens (including phenoxy) is 1. The first-order valence-corrected chi connectivity index (χ1v) is 6.11. The number of hydrogen-bond acceptors (Lipinski definition) is 4. The third kappa shape index (κ3) is 2.82. The van der Waals surface area contributed by atoms with Gasteiger partial charge >= 0.3 is 0 Å². The molecule has 0 radical (unpaired) electrons. The first-order valence-electron chi connectivity index (χ1n) is 5.32. The zero-order valence-electron chi connectivity index (χ0n) is 8.83. The normalized spacial score (nSPS) is 17.3. The van der Waals surface area contributed by atoms with Gasteiger partial charge in [0.1, 0.15) is 10.3 Å². The van der Waals surface area contributed by atoms with Crippen LogP contribution in [-0.4, -0.2) is 29.7 Å². The summed E-state index contributed by atoms with van der Waals surface area (Å²) < 4.78 is 5.75. The molecule has 0 aromatic carbocycles. The predicted octanol–water partition coefficient (Wildman–Crippen LogP) is 1.37. The lowest BCUT2D eigenvalue weighted by Gasteiger charge is -2.22. The Bertz CT molecular complexity index is 401. The summed E-state index contributed by atoms with van der Waals surface area (Å²) in [5, 5.41) is 3.19. The zero-order chi connectivity index (χ0) is 11.4. The summed E-state index contributed by atoms with van der Waals surface area (Å²) in [6.45, 7) is 2.49. The van der Waals surface area contributed by atoms with Gasteiger partial charge in [0.2, 0.25) is 0 Å². The molecule has 88 valence electrons. The van der Waals surface area contributed by atoms with Crippen molar-refractivity contribution in [3.05, 3.63) is 21.2 Å². The number of anilines is 1. The first-order chi connectivity index (χ1) is 7.77. The van der Waals surface area contributed by atoms with Gasteiger partial charge in [-0.25, -0.2) is 4.98 Å². The fraction of sp³-hybridized carbons (Fsp3) is 0.600. The van der Waals surface area contributed by atoms with Gasteiger partial charge in [-0.2, -0.15) is 0 Å². The molecular weight excluding hydrogens is 274 g/mol. The van der Waals surface area contributed by atoms with Crippen LogP contribution in [0, 0.1) is 5.92 Å². The third-order valence-corrected chi connectivity index (χ3v) is 3.43. The fourth-order valence-corrected chi connectivity index (χ4v) is 2.05.